The number of anilines is 1. The van der Waals surface area contributed by atoms with Crippen LogP contribution in [-0.4, -0.2) is 26.4 Å². The van der Waals surface area contributed by atoms with Gasteiger partial charge < -0.3 is 9.88 Å². The molecule has 1 N–H and O–H groups in total. The number of para-hydroxylation sites is 1. The highest BCUT2D eigenvalue weighted by atomic mass is 32.2. The van der Waals surface area contributed by atoms with E-state index in [2.05, 4.69) is 46.2 Å². The number of aryl methyl sites for hydroxylation is 3. The van der Waals surface area contributed by atoms with Crippen LogP contribution < -0.4 is 5.32 Å². The predicted molar refractivity (Wildman–Crippen MR) is 114 cm³/mol. The van der Waals surface area contributed by atoms with Gasteiger partial charge in [0.05, 0.1) is 5.75 Å². The third kappa shape index (κ3) is 4.09. The van der Waals surface area contributed by atoms with Gasteiger partial charge in [-0.25, -0.2) is 0 Å². The Labute approximate surface area is 168 Å². The van der Waals surface area contributed by atoms with Gasteiger partial charge in [-0.2, -0.15) is 0 Å². The zero-order chi connectivity index (χ0) is 19.6. The monoisotopic (exact) mass is 400 g/mol. The number of nitrogens with one attached hydrogen (secondary N) is 1. The van der Waals surface area contributed by atoms with E-state index in [4.69, 9.17) is 0 Å². The summed E-state index contributed by atoms with van der Waals surface area (Å²) in [5, 5.41) is 14.6. The number of thioether (sulfide) groups is 1. The summed E-state index contributed by atoms with van der Waals surface area (Å²) in [5.74, 6) is 1.14. The Balaban J connectivity index is 1.73. The van der Waals surface area contributed by atoms with Crippen LogP contribution in [0.3, 0.4) is 0 Å². The maximum absolute atomic E-state index is 12.4. The minimum absolute atomic E-state index is 0.0350. The SMILES string of the molecule is CCn1c(SCC(=O)Nc2c(C)cccc2C)nnc1-c1csc(C)c1C. The molecular weight excluding hydrogens is 376 g/mol. The van der Waals surface area contributed by atoms with Crippen molar-refractivity contribution >= 4 is 34.7 Å². The molecule has 0 aliphatic rings. The molecule has 27 heavy (non-hydrogen) atoms. The lowest BCUT2D eigenvalue weighted by Gasteiger charge is -2.11. The normalized spacial score (nSPS) is 11.0. The molecule has 3 rings (SSSR count). The molecule has 3 aromatic rings. The van der Waals surface area contributed by atoms with Crippen LogP contribution in [0.2, 0.25) is 0 Å². The summed E-state index contributed by atoms with van der Waals surface area (Å²) in [4.78, 5) is 13.7. The van der Waals surface area contributed by atoms with Gasteiger partial charge >= 0.3 is 0 Å². The molecule has 0 spiro atoms. The highest BCUT2D eigenvalue weighted by molar-refractivity contribution is 7.99. The molecule has 0 saturated heterocycles. The van der Waals surface area contributed by atoms with Crippen LogP contribution in [0.4, 0.5) is 5.69 Å². The first kappa shape index (κ1) is 19.6. The molecule has 0 fully saturated rings. The molecule has 5 nitrogen and oxygen atoms in total. The van der Waals surface area contributed by atoms with E-state index < -0.39 is 0 Å². The van der Waals surface area contributed by atoms with Gasteiger partial charge in [0, 0.05) is 28.1 Å². The van der Waals surface area contributed by atoms with E-state index in [1.165, 1.54) is 22.2 Å². The number of hydrogen-bond acceptors (Lipinski definition) is 5. The van der Waals surface area contributed by atoms with Gasteiger partial charge in [-0.3, -0.25) is 4.79 Å². The average Bonchev–Trinajstić information content (AvgIpc) is 3.19. The quantitative estimate of drug-likeness (QED) is 0.592. The van der Waals surface area contributed by atoms with E-state index >= 15 is 0 Å². The van der Waals surface area contributed by atoms with Crippen LogP contribution in [0.15, 0.2) is 28.7 Å². The van der Waals surface area contributed by atoms with Crippen LogP contribution in [0.5, 0.6) is 0 Å². The van der Waals surface area contributed by atoms with E-state index in [1.807, 2.05) is 32.0 Å². The third-order valence-corrected chi connectivity index (χ3v) is 6.62. The minimum Gasteiger partial charge on any atom is -0.325 e. The largest absolute Gasteiger partial charge is 0.325 e. The van der Waals surface area contributed by atoms with E-state index in [9.17, 15) is 4.79 Å². The number of thiophene rings is 1. The smallest absolute Gasteiger partial charge is 0.234 e. The minimum atomic E-state index is -0.0350. The Bertz CT molecular complexity index is 954. The lowest BCUT2D eigenvalue weighted by Crippen LogP contribution is -2.16. The van der Waals surface area contributed by atoms with Crippen LogP contribution in [0.1, 0.15) is 28.5 Å². The third-order valence-electron chi connectivity index (χ3n) is 4.64. The van der Waals surface area contributed by atoms with Crippen LogP contribution in [0.25, 0.3) is 11.4 Å². The molecule has 2 heterocycles. The zero-order valence-corrected chi connectivity index (χ0v) is 17.9. The van der Waals surface area contributed by atoms with Crippen molar-refractivity contribution in [3.05, 3.63) is 45.1 Å². The number of amides is 1. The van der Waals surface area contributed by atoms with Crippen LogP contribution >= 0.6 is 23.1 Å². The number of rotatable bonds is 6. The van der Waals surface area contributed by atoms with E-state index in [0.29, 0.717) is 5.75 Å². The fraction of sp³-hybridized carbons (Fsp3) is 0.350. The fourth-order valence-corrected chi connectivity index (χ4v) is 4.60. The molecule has 2 aromatic heterocycles. The summed E-state index contributed by atoms with van der Waals surface area (Å²) in [6, 6.07) is 6.00. The van der Waals surface area contributed by atoms with Gasteiger partial charge in [-0.15, -0.1) is 21.5 Å². The molecule has 0 radical (unpaired) electrons. The molecule has 0 unspecified atom stereocenters. The summed E-state index contributed by atoms with van der Waals surface area (Å²) >= 11 is 3.14. The molecular formula is C20H24N4OS2. The van der Waals surface area contributed by atoms with Crippen molar-refractivity contribution in [1.29, 1.82) is 0 Å². The lowest BCUT2D eigenvalue weighted by atomic mass is 10.1. The molecule has 1 amide bonds. The Morgan fingerprint density at radius 3 is 2.48 bits per heavy atom. The number of aromatic nitrogens is 3. The first-order valence-electron chi connectivity index (χ1n) is 8.89. The van der Waals surface area contributed by atoms with E-state index in [1.54, 1.807) is 11.3 Å². The number of carbonyl (C=O) groups excluding carboxylic acids is 1. The van der Waals surface area contributed by atoms with Gasteiger partial charge in [-0.05, 0) is 51.3 Å². The second-order valence-corrected chi connectivity index (χ2v) is 8.51. The Morgan fingerprint density at radius 2 is 1.89 bits per heavy atom. The summed E-state index contributed by atoms with van der Waals surface area (Å²) in [7, 11) is 0. The molecule has 0 bridgehead atoms. The van der Waals surface area contributed by atoms with Crippen molar-refractivity contribution in [3.8, 4) is 11.4 Å². The highest BCUT2D eigenvalue weighted by Gasteiger charge is 2.18. The summed E-state index contributed by atoms with van der Waals surface area (Å²) in [5.41, 5.74) is 5.39. The van der Waals surface area contributed by atoms with Crippen molar-refractivity contribution in [2.45, 2.75) is 46.3 Å². The fourth-order valence-electron chi connectivity index (χ4n) is 2.93. The van der Waals surface area contributed by atoms with Crippen molar-refractivity contribution in [2.75, 3.05) is 11.1 Å². The Kier molecular flexibility index (Phi) is 6.01. The number of carbonyl (C=O) groups is 1. The molecule has 7 heteroatoms. The number of nitrogens with zero attached hydrogens (tertiary/aromatic N) is 3. The topological polar surface area (TPSA) is 59.8 Å². The predicted octanol–water partition coefficient (Wildman–Crippen LogP) is 4.99. The molecule has 1 aromatic carbocycles. The zero-order valence-electron chi connectivity index (χ0n) is 16.3. The summed E-state index contributed by atoms with van der Waals surface area (Å²) in [6.45, 7) is 11.1. The molecule has 0 saturated carbocycles. The molecule has 142 valence electrons. The second-order valence-electron chi connectivity index (χ2n) is 6.48. The Hall–Kier alpha value is -2.12. The van der Waals surface area contributed by atoms with Gasteiger partial charge in [0.25, 0.3) is 0 Å². The number of hydrogen-bond donors (Lipinski definition) is 1. The van der Waals surface area contributed by atoms with E-state index in [-0.39, 0.29) is 5.91 Å². The van der Waals surface area contributed by atoms with Crippen molar-refractivity contribution < 1.29 is 4.79 Å². The molecule has 0 atom stereocenters. The van der Waals surface area contributed by atoms with Gasteiger partial charge in [0.2, 0.25) is 5.91 Å². The van der Waals surface area contributed by atoms with Crippen molar-refractivity contribution in [3.63, 3.8) is 0 Å². The maximum Gasteiger partial charge on any atom is 0.234 e. The van der Waals surface area contributed by atoms with Crippen molar-refractivity contribution in [2.24, 2.45) is 0 Å². The summed E-state index contributed by atoms with van der Waals surface area (Å²) < 4.78 is 2.07. The van der Waals surface area contributed by atoms with Gasteiger partial charge in [0.1, 0.15) is 0 Å². The molecule has 0 aliphatic heterocycles. The van der Waals surface area contributed by atoms with Crippen molar-refractivity contribution in [1.82, 2.24) is 14.8 Å². The first-order valence-corrected chi connectivity index (χ1v) is 10.8. The first-order chi connectivity index (χ1) is 12.9. The highest BCUT2D eigenvalue weighted by Crippen LogP contribution is 2.31. The standard InChI is InChI=1S/C20H24N4OS2/c1-6-24-19(16-10-26-15(5)14(16)4)22-23-20(24)27-11-17(25)21-18-12(2)8-7-9-13(18)3/h7-10H,6,11H2,1-5H3,(H,21,25). The van der Waals surface area contributed by atoms with Crippen LogP contribution in [-0.2, 0) is 11.3 Å². The Morgan fingerprint density at radius 1 is 1.19 bits per heavy atom. The van der Waals surface area contributed by atoms with Gasteiger partial charge in [-0.1, -0.05) is 30.0 Å². The van der Waals surface area contributed by atoms with E-state index in [0.717, 1.165) is 39.9 Å². The van der Waals surface area contributed by atoms with Gasteiger partial charge in [0.15, 0.2) is 11.0 Å². The van der Waals surface area contributed by atoms with Crippen LogP contribution in [0, 0.1) is 27.7 Å². The lowest BCUT2D eigenvalue weighted by molar-refractivity contribution is -0.113. The maximum atomic E-state index is 12.4. The average molecular weight is 401 g/mol. The second kappa shape index (κ2) is 8.27. The molecule has 0 aliphatic carbocycles. The number of benzene rings is 1. The summed E-state index contributed by atoms with van der Waals surface area (Å²) in [6.07, 6.45) is 0.